The molecule has 0 unspecified atom stereocenters. The van der Waals surface area contributed by atoms with Crippen molar-refractivity contribution in [2.75, 3.05) is 0 Å². The van der Waals surface area contributed by atoms with E-state index >= 15 is 0 Å². The molecule has 0 fully saturated rings. The number of hydrogen-bond donors (Lipinski definition) is 0. The Labute approximate surface area is 82.9 Å². The van der Waals surface area contributed by atoms with Crippen LogP contribution < -0.4 is 0 Å². The van der Waals surface area contributed by atoms with Crippen LogP contribution >= 0.6 is 0 Å². The smallest absolute Gasteiger partial charge is 0.187 e. The summed E-state index contributed by atoms with van der Waals surface area (Å²) >= 11 is 0. The molecule has 0 spiro atoms. The van der Waals surface area contributed by atoms with Crippen LogP contribution in [0.2, 0.25) is 0 Å². The molecule has 1 aromatic rings. The minimum Gasteiger partial charge on any atom is -0.292 e. The average molecular weight is 188 g/mol. The lowest BCUT2D eigenvalue weighted by Gasteiger charge is -2.17. The van der Waals surface area contributed by atoms with Gasteiger partial charge in [0.05, 0.1) is 5.69 Å². The summed E-state index contributed by atoms with van der Waals surface area (Å²) in [5.74, 6) is 0.455. The van der Waals surface area contributed by atoms with Crippen LogP contribution in [0.4, 0.5) is 0 Å². The average Bonchev–Trinajstić information content (AvgIpc) is 2.18. The second kappa shape index (κ2) is 3.33. The summed E-state index contributed by atoms with van der Waals surface area (Å²) in [6, 6.07) is 0. The van der Waals surface area contributed by atoms with Crippen LogP contribution in [0, 0.1) is 5.92 Å². The molecule has 0 aliphatic heterocycles. The summed E-state index contributed by atoms with van der Waals surface area (Å²) in [5, 5.41) is 0. The van der Waals surface area contributed by atoms with Crippen molar-refractivity contribution in [1.29, 1.82) is 0 Å². The van der Waals surface area contributed by atoms with Gasteiger partial charge in [-0.15, -0.1) is 0 Å². The minimum absolute atomic E-state index is 0.0671. The molecule has 0 aromatic carbocycles. The molecule has 1 aliphatic carbocycles. The molecule has 3 nitrogen and oxygen atoms in total. The lowest BCUT2D eigenvalue weighted by molar-refractivity contribution is 0.0988. The summed E-state index contributed by atoms with van der Waals surface area (Å²) < 4.78 is 0. The molecule has 0 bridgehead atoms. The number of rotatable bonds is 1. The Hall–Kier alpha value is -1.51. The van der Waals surface area contributed by atoms with E-state index in [4.69, 9.17) is 0 Å². The largest absolute Gasteiger partial charge is 0.292 e. The first-order valence-electron chi connectivity index (χ1n) is 4.74. The van der Waals surface area contributed by atoms with Crippen LogP contribution in [0.5, 0.6) is 0 Å². The Morgan fingerprint density at radius 3 is 2.50 bits per heavy atom. The second-order valence-corrected chi connectivity index (χ2v) is 3.70. The predicted octanol–water partition coefficient (Wildman–Crippen LogP) is 2.10. The van der Waals surface area contributed by atoms with Gasteiger partial charge in [-0.1, -0.05) is 19.9 Å². The summed E-state index contributed by atoms with van der Waals surface area (Å²) in [5.41, 5.74) is 2.42. The van der Waals surface area contributed by atoms with Crippen LogP contribution in [-0.2, 0) is 0 Å². The van der Waals surface area contributed by atoms with Gasteiger partial charge in [-0.2, -0.15) is 0 Å². The fourth-order valence-corrected chi connectivity index (χ4v) is 1.66. The van der Waals surface area contributed by atoms with Gasteiger partial charge < -0.3 is 0 Å². The molecule has 3 heteroatoms. The SMILES string of the molecule is CC(C)C1=CCC(=O)c2nccnc21. The first-order chi connectivity index (χ1) is 6.70. The standard InChI is InChI=1S/C11H12N2O/c1-7(2)8-3-4-9(14)11-10(8)12-5-6-13-11/h3,5-7H,4H2,1-2H3. The quantitative estimate of drug-likeness (QED) is 0.677. The first kappa shape index (κ1) is 9.06. The number of nitrogens with zero attached hydrogens (tertiary/aromatic N) is 2. The third-order valence-electron chi connectivity index (χ3n) is 2.37. The number of hydrogen-bond acceptors (Lipinski definition) is 3. The summed E-state index contributed by atoms with van der Waals surface area (Å²) in [4.78, 5) is 19.8. The maximum Gasteiger partial charge on any atom is 0.187 e. The molecule has 0 saturated heterocycles. The number of fused-ring (bicyclic) bond motifs is 1. The van der Waals surface area contributed by atoms with Crippen molar-refractivity contribution in [2.24, 2.45) is 5.92 Å². The van der Waals surface area contributed by atoms with E-state index in [0.717, 1.165) is 11.3 Å². The van der Waals surface area contributed by atoms with E-state index in [2.05, 4.69) is 23.8 Å². The summed E-state index contributed by atoms with van der Waals surface area (Å²) in [6.45, 7) is 4.19. The topological polar surface area (TPSA) is 42.9 Å². The third kappa shape index (κ3) is 1.35. The van der Waals surface area contributed by atoms with Crippen molar-refractivity contribution in [3.8, 4) is 0 Å². The number of allylic oxidation sites excluding steroid dienone is 2. The molecule has 0 amide bonds. The fourth-order valence-electron chi connectivity index (χ4n) is 1.66. The van der Waals surface area contributed by atoms with Crippen molar-refractivity contribution in [3.63, 3.8) is 0 Å². The van der Waals surface area contributed by atoms with Crippen LogP contribution in [0.1, 0.15) is 36.5 Å². The maximum absolute atomic E-state index is 11.5. The highest BCUT2D eigenvalue weighted by molar-refractivity contribution is 6.02. The van der Waals surface area contributed by atoms with E-state index in [0.29, 0.717) is 18.0 Å². The van der Waals surface area contributed by atoms with Gasteiger partial charge in [-0.25, -0.2) is 4.98 Å². The second-order valence-electron chi connectivity index (χ2n) is 3.70. The lowest BCUT2D eigenvalue weighted by Crippen LogP contribution is -2.14. The molecule has 1 aliphatic rings. The van der Waals surface area contributed by atoms with E-state index in [1.165, 1.54) is 0 Å². The zero-order valence-corrected chi connectivity index (χ0v) is 8.32. The predicted molar refractivity (Wildman–Crippen MR) is 53.8 cm³/mol. The van der Waals surface area contributed by atoms with E-state index < -0.39 is 0 Å². The molecule has 14 heavy (non-hydrogen) atoms. The molecule has 0 atom stereocenters. The van der Waals surface area contributed by atoms with Crippen molar-refractivity contribution in [3.05, 3.63) is 29.9 Å². The number of carbonyl (C=O) groups excluding carboxylic acids is 1. The molecule has 0 N–H and O–H groups in total. The molecule has 72 valence electrons. The number of ketones is 1. The van der Waals surface area contributed by atoms with Gasteiger partial charge in [0.15, 0.2) is 5.78 Å². The Balaban J connectivity index is 2.57. The minimum atomic E-state index is 0.0671. The summed E-state index contributed by atoms with van der Waals surface area (Å²) in [6.07, 6.45) is 5.62. The van der Waals surface area contributed by atoms with Gasteiger partial charge in [0.1, 0.15) is 5.69 Å². The molecule has 1 aromatic heterocycles. The van der Waals surface area contributed by atoms with Crippen LogP contribution in [0.25, 0.3) is 5.57 Å². The van der Waals surface area contributed by atoms with Crippen molar-refractivity contribution >= 4 is 11.4 Å². The van der Waals surface area contributed by atoms with Crippen LogP contribution in [0.15, 0.2) is 18.5 Å². The van der Waals surface area contributed by atoms with Gasteiger partial charge in [0, 0.05) is 18.8 Å². The van der Waals surface area contributed by atoms with E-state index in [1.807, 2.05) is 6.08 Å². The van der Waals surface area contributed by atoms with Crippen molar-refractivity contribution < 1.29 is 4.79 Å². The van der Waals surface area contributed by atoms with Gasteiger partial charge in [-0.05, 0) is 11.5 Å². The Morgan fingerprint density at radius 1 is 1.21 bits per heavy atom. The lowest BCUT2D eigenvalue weighted by atomic mass is 9.91. The van der Waals surface area contributed by atoms with E-state index in [-0.39, 0.29) is 5.78 Å². The molecule has 0 saturated carbocycles. The summed E-state index contributed by atoms with van der Waals surface area (Å²) in [7, 11) is 0. The highest BCUT2D eigenvalue weighted by Crippen LogP contribution is 2.28. The highest BCUT2D eigenvalue weighted by Gasteiger charge is 2.22. The van der Waals surface area contributed by atoms with Gasteiger partial charge in [0.2, 0.25) is 0 Å². The van der Waals surface area contributed by atoms with E-state index in [1.54, 1.807) is 12.4 Å². The van der Waals surface area contributed by atoms with Crippen molar-refractivity contribution in [1.82, 2.24) is 9.97 Å². The van der Waals surface area contributed by atoms with Crippen LogP contribution in [-0.4, -0.2) is 15.8 Å². The van der Waals surface area contributed by atoms with Gasteiger partial charge >= 0.3 is 0 Å². The number of Topliss-reactive ketones (excluding diaryl/α,β-unsaturated/α-hetero) is 1. The highest BCUT2D eigenvalue weighted by atomic mass is 16.1. The monoisotopic (exact) mass is 188 g/mol. The molecule has 0 radical (unpaired) electrons. The normalized spacial score (nSPS) is 15.4. The van der Waals surface area contributed by atoms with Crippen LogP contribution in [0.3, 0.4) is 0 Å². The Morgan fingerprint density at radius 2 is 1.86 bits per heavy atom. The Bertz CT molecular complexity index is 408. The maximum atomic E-state index is 11.5. The molecular weight excluding hydrogens is 176 g/mol. The van der Waals surface area contributed by atoms with Gasteiger partial charge in [0.25, 0.3) is 0 Å². The number of carbonyl (C=O) groups is 1. The first-order valence-corrected chi connectivity index (χ1v) is 4.74. The number of aromatic nitrogens is 2. The zero-order chi connectivity index (χ0) is 10.1. The Kier molecular flexibility index (Phi) is 2.15. The van der Waals surface area contributed by atoms with Crippen molar-refractivity contribution in [2.45, 2.75) is 20.3 Å². The molecular formula is C11H12N2O. The fraction of sp³-hybridized carbons (Fsp3) is 0.364. The van der Waals surface area contributed by atoms with Gasteiger partial charge in [-0.3, -0.25) is 9.78 Å². The molecule has 2 rings (SSSR count). The third-order valence-corrected chi connectivity index (χ3v) is 2.37. The zero-order valence-electron chi connectivity index (χ0n) is 8.32. The molecule has 1 heterocycles. The van der Waals surface area contributed by atoms with E-state index in [9.17, 15) is 4.79 Å².